The molecule has 1 aromatic carbocycles. The maximum Gasteiger partial charge on any atom is 0.174 e. The highest BCUT2D eigenvalue weighted by molar-refractivity contribution is 7.14. The molecule has 22 heavy (non-hydrogen) atoms. The molecule has 2 aromatic rings. The lowest BCUT2D eigenvalue weighted by molar-refractivity contribution is 0.0983. The first-order valence-corrected chi connectivity index (χ1v) is 8.66. The van der Waals surface area contributed by atoms with Crippen LogP contribution in [0.15, 0.2) is 42.5 Å². The summed E-state index contributed by atoms with van der Waals surface area (Å²) in [5.74, 6) is 0.240. The summed E-state index contributed by atoms with van der Waals surface area (Å²) in [7, 11) is 0. The summed E-state index contributed by atoms with van der Waals surface area (Å²) in [6.45, 7) is 7.18. The minimum atomic E-state index is 0.0431. The summed E-state index contributed by atoms with van der Waals surface area (Å²) in [6, 6.07) is 14.5. The third kappa shape index (κ3) is 5.39. The number of hydrogen-bond donors (Lipinski definition) is 1. The number of nitrogens with one attached hydrogen (secondary N) is 1. The van der Waals surface area contributed by atoms with Gasteiger partial charge < -0.3 is 5.32 Å². The van der Waals surface area contributed by atoms with E-state index in [2.05, 4.69) is 43.4 Å². The molecule has 0 spiro atoms. The second kappa shape index (κ2) is 7.70. The summed E-state index contributed by atoms with van der Waals surface area (Å²) < 4.78 is 0. The van der Waals surface area contributed by atoms with Crippen molar-refractivity contribution < 1.29 is 4.79 Å². The Morgan fingerprint density at radius 1 is 1.14 bits per heavy atom. The first-order valence-electron chi connectivity index (χ1n) is 7.85. The lowest BCUT2D eigenvalue weighted by Crippen LogP contribution is -2.40. The minimum absolute atomic E-state index is 0.0431. The average molecular weight is 315 g/mol. The molecule has 0 atom stereocenters. The van der Waals surface area contributed by atoms with Crippen LogP contribution in [-0.2, 0) is 6.42 Å². The van der Waals surface area contributed by atoms with Crippen molar-refractivity contribution in [3.05, 3.63) is 57.8 Å². The van der Waals surface area contributed by atoms with E-state index < -0.39 is 0 Å². The average Bonchev–Trinajstić information content (AvgIpc) is 2.93. The van der Waals surface area contributed by atoms with E-state index in [1.54, 1.807) is 11.3 Å². The van der Waals surface area contributed by atoms with Crippen LogP contribution in [0, 0.1) is 6.92 Å². The number of carbonyl (C=O) groups is 1. The highest BCUT2D eigenvalue weighted by atomic mass is 32.1. The number of benzene rings is 1. The Balaban J connectivity index is 1.74. The van der Waals surface area contributed by atoms with Gasteiger partial charge in [0.1, 0.15) is 0 Å². The smallest absolute Gasteiger partial charge is 0.174 e. The Kier molecular flexibility index (Phi) is 5.92. The molecule has 0 radical (unpaired) electrons. The van der Waals surface area contributed by atoms with Crippen LogP contribution in [0.4, 0.5) is 0 Å². The molecule has 0 aliphatic carbocycles. The fourth-order valence-electron chi connectivity index (χ4n) is 2.41. The van der Waals surface area contributed by atoms with Gasteiger partial charge in [-0.2, -0.15) is 0 Å². The van der Waals surface area contributed by atoms with Crippen molar-refractivity contribution in [2.45, 2.75) is 45.6 Å². The number of rotatable bonds is 8. The van der Waals surface area contributed by atoms with Crippen molar-refractivity contribution in [1.29, 1.82) is 0 Å². The van der Waals surface area contributed by atoms with Crippen molar-refractivity contribution in [3.8, 4) is 0 Å². The van der Waals surface area contributed by atoms with Crippen molar-refractivity contribution in [2.75, 3.05) is 6.54 Å². The quantitative estimate of drug-likeness (QED) is 0.720. The summed E-state index contributed by atoms with van der Waals surface area (Å²) in [5, 5.41) is 3.52. The zero-order valence-corrected chi connectivity index (χ0v) is 14.5. The van der Waals surface area contributed by atoms with Gasteiger partial charge in [0.15, 0.2) is 5.78 Å². The van der Waals surface area contributed by atoms with Crippen LogP contribution >= 0.6 is 11.3 Å². The molecule has 0 saturated heterocycles. The maximum atomic E-state index is 12.1. The van der Waals surface area contributed by atoms with Gasteiger partial charge in [-0.25, -0.2) is 0 Å². The monoisotopic (exact) mass is 315 g/mol. The maximum absolute atomic E-state index is 12.1. The van der Waals surface area contributed by atoms with Gasteiger partial charge in [-0.15, -0.1) is 11.3 Å². The number of ketones is 1. The topological polar surface area (TPSA) is 29.1 Å². The van der Waals surface area contributed by atoms with E-state index >= 15 is 0 Å². The Morgan fingerprint density at radius 2 is 1.86 bits per heavy atom. The van der Waals surface area contributed by atoms with Gasteiger partial charge in [0.25, 0.3) is 0 Å². The van der Waals surface area contributed by atoms with Gasteiger partial charge in [-0.1, -0.05) is 30.3 Å². The number of thiophene rings is 1. The molecule has 0 unspecified atom stereocenters. The van der Waals surface area contributed by atoms with Gasteiger partial charge in [0.05, 0.1) is 4.88 Å². The lowest BCUT2D eigenvalue weighted by Gasteiger charge is -2.26. The highest BCUT2D eigenvalue weighted by Crippen LogP contribution is 2.17. The molecule has 0 saturated carbocycles. The van der Waals surface area contributed by atoms with Crippen LogP contribution < -0.4 is 5.32 Å². The van der Waals surface area contributed by atoms with Gasteiger partial charge >= 0.3 is 0 Å². The molecule has 0 aliphatic heterocycles. The molecular formula is C19H25NOS. The van der Waals surface area contributed by atoms with E-state index in [0.29, 0.717) is 6.42 Å². The van der Waals surface area contributed by atoms with Crippen LogP contribution in [0.3, 0.4) is 0 Å². The summed E-state index contributed by atoms with van der Waals surface area (Å²) in [4.78, 5) is 14.2. The Hall–Kier alpha value is -1.45. The molecule has 0 aliphatic rings. The third-order valence-electron chi connectivity index (χ3n) is 3.85. The Morgan fingerprint density at radius 3 is 2.50 bits per heavy atom. The molecule has 1 N–H and O–H groups in total. The third-order valence-corrected chi connectivity index (χ3v) is 4.89. The van der Waals surface area contributed by atoms with E-state index in [9.17, 15) is 4.79 Å². The van der Waals surface area contributed by atoms with Crippen LogP contribution in [0.1, 0.15) is 46.8 Å². The first-order chi connectivity index (χ1) is 10.5. The van der Waals surface area contributed by atoms with E-state index in [0.717, 1.165) is 24.3 Å². The second-order valence-electron chi connectivity index (χ2n) is 6.38. The van der Waals surface area contributed by atoms with Gasteiger partial charge in [0.2, 0.25) is 0 Å². The van der Waals surface area contributed by atoms with Crippen molar-refractivity contribution in [3.63, 3.8) is 0 Å². The molecule has 2 rings (SSSR count). The van der Waals surface area contributed by atoms with E-state index in [1.807, 2.05) is 25.1 Å². The zero-order chi connectivity index (χ0) is 16.0. The molecule has 1 aromatic heterocycles. The van der Waals surface area contributed by atoms with Crippen molar-refractivity contribution >= 4 is 17.1 Å². The standard InChI is InChI=1S/C19H25NOS/c1-15-9-10-18(22-15)17(21)12-14-20-19(2,3)13-11-16-7-5-4-6-8-16/h4-10,20H,11-14H2,1-3H3. The normalized spacial score (nSPS) is 11.6. The van der Waals surface area contributed by atoms with E-state index in [4.69, 9.17) is 0 Å². The second-order valence-corrected chi connectivity index (χ2v) is 7.67. The van der Waals surface area contributed by atoms with Crippen molar-refractivity contribution in [1.82, 2.24) is 5.32 Å². The SMILES string of the molecule is Cc1ccc(C(=O)CCNC(C)(C)CCc2ccccc2)s1. The summed E-state index contributed by atoms with van der Waals surface area (Å²) in [5.41, 5.74) is 1.41. The van der Waals surface area contributed by atoms with Crippen molar-refractivity contribution in [2.24, 2.45) is 0 Å². The zero-order valence-electron chi connectivity index (χ0n) is 13.7. The van der Waals surface area contributed by atoms with Crippen LogP contribution in [0.25, 0.3) is 0 Å². The summed E-state index contributed by atoms with van der Waals surface area (Å²) >= 11 is 1.58. The molecule has 118 valence electrons. The van der Waals surface area contributed by atoms with E-state index in [1.165, 1.54) is 10.4 Å². The molecule has 0 amide bonds. The molecular weight excluding hydrogens is 290 g/mol. The fourth-order valence-corrected chi connectivity index (χ4v) is 3.25. The first kappa shape index (κ1) is 16.9. The molecule has 1 heterocycles. The number of aryl methyl sites for hydroxylation is 2. The van der Waals surface area contributed by atoms with Gasteiger partial charge in [0, 0.05) is 23.4 Å². The molecule has 0 fully saturated rings. The molecule has 2 nitrogen and oxygen atoms in total. The minimum Gasteiger partial charge on any atom is -0.311 e. The Labute approximate surface area is 137 Å². The van der Waals surface area contributed by atoms with Gasteiger partial charge in [-0.3, -0.25) is 4.79 Å². The lowest BCUT2D eigenvalue weighted by atomic mass is 9.95. The highest BCUT2D eigenvalue weighted by Gasteiger charge is 2.17. The Bertz CT molecular complexity index is 601. The molecule has 3 heteroatoms. The van der Waals surface area contributed by atoms with Gasteiger partial charge in [-0.05, 0) is 51.3 Å². The van der Waals surface area contributed by atoms with Crippen LogP contribution in [-0.4, -0.2) is 17.9 Å². The largest absolute Gasteiger partial charge is 0.311 e. The predicted molar refractivity (Wildman–Crippen MR) is 94.8 cm³/mol. The molecule has 0 bridgehead atoms. The summed E-state index contributed by atoms with van der Waals surface area (Å²) in [6.07, 6.45) is 2.68. The van der Waals surface area contributed by atoms with E-state index in [-0.39, 0.29) is 11.3 Å². The number of carbonyl (C=O) groups excluding carboxylic acids is 1. The van der Waals surface area contributed by atoms with Crippen LogP contribution in [0.5, 0.6) is 0 Å². The fraction of sp³-hybridized carbons (Fsp3) is 0.421. The predicted octanol–water partition coefficient (Wildman–Crippen LogP) is 4.63. The van der Waals surface area contributed by atoms with Crippen LogP contribution in [0.2, 0.25) is 0 Å². The number of Topliss-reactive ketones (excluding diaryl/α,β-unsaturated/α-hetero) is 1. The number of hydrogen-bond acceptors (Lipinski definition) is 3.